The number of aryl methyl sites for hydroxylation is 1. The Kier molecular flexibility index (Phi) is 3.14. The highest BCUT2D eigenvalue weighted by Crippen LogP contribution is 2.22. The summed E-state index contributed by atoms with van der Waals surface area (Å²) in [7, 11) is 3.22. The zero-order chi connectivity index (χ0) is 14.3. The first-order chi connectivity index (χ1) is 9.50. The standard InChI is InChI=1S/C12H18BN5O2/c1-12(2)6-19-13(20-7-12)8-5-9(14-3)15-11-10(8)16-17-18(11)4/h5H,6-7H2,1-4H3,(H,14,15). The lowest BCUT2D eigenvalue weighted by atomic mass is 9.75. The van der Waals surface area contributed by atoms with E-state index >= 15 is 0 Å². The van der Waals surface area contributed by atoms with Crippen LogP contribution in [-0.2, 0) is 16.4 Å². The summed E-state index contributed by atoms with van der Waals surface area (Å²) in [5.41, 5.74) is 2.33. The van der Waals surface area contributed by atoms with Gasteiger partial charge < -0.3 is 14.6 Å². The van der Waals surface area contributed by atoms with Gasteiger partial charge in [0.15, 0.2) is 5.65 Å². The van der Waals surface area contributed by atoms with Crippen molar-refractivity contribution in [1.29, 1.82) is 0 Å². The maximum atomic E-state index is 5.84. The van der Waals surface area contributed by atoms with Crippen molar-refractivity contribution < 1.29 is 9.31 Å². The van der Waals surface area contributed by atoms with Crippen molar-refractivity contribution in [2.75, 3.05) is 25.6 Å². The largest absolute Gasteiger partial charge is 0.496 e. The molecular weight excluding hydrogens is 257 g/mol. The third-order valence-electron chi connectivity index (χ3n) is 3.35. The Hall–Kier alpha value is -1.67. The van der Waals surface area contributed by atoms with Gasteiger partial charge in [0.25, 0.3) is 0 Å². The second-order valence-corrected chi connectivity index (χ2v) is 5.85. The van der Waals surface area contributed by atoms with E-state index in [9.17, 15) is 0 Å². The molecule has 3 rings (SSSR count). The van der Waals surface area contributed by atoms with E-state index in [0.29, 0.717) is 18.9 Å². The molecule has 2 aromatic heterocycles. The lowest BCUT2D eigenvalue weighted by molar-refractivity contribution is 0.0344. The summed E-state index contributed by atoms with van der Waals surface area (Å²) < 4.78 is 13.3. The fraction of sp³-hybridized carbons (Fsp3) is 0.583. The predicted molar refractivity (Wildman–Crippen MR) is 76.9 cm³/mol. The van der Waals surface area contributed by atoms with E-state index in [2.05, 4.69) is 34.5 Å². The number of rotatable bonds is 2. The van der Waals surface area contributed by atoms with E-state index in [-0.39, 0.29) is 5.41 Å². The molecule has 20 heavy (non-hydrogen) atoms. The molecule has 1 saturated heterocycles. The minimum absolute atomic E-state index is 0.0385. The number of hydrogen-bond acceptors (Lipinski definition) is 6. The fourth-order valence-electron chi connectivity index (χ4n) is 2.21. The Labute approximate surface area is 117 Å². The van der Waals surface area contributed by atoms with Crippen LogP contribution in [0.5, 0.6) is 0 Å². The molecule has 0 saturated carbocycles. The number of fused-ring (bicyclic) bond motifs is 1. The van der Waals surface area contributed by atoms with Crippen LogP contribution in [0.15, 0.2) is 6.07 Å². The number of hydrogen-bond donors (Lipinski definition) is 1. The van der Waals surface area contributed by atoms with Gasteiger partial charge in [-0.15, -0.1) is 5.10 Å². The van der Waals surface area contributed by atoms with Crippen molar-refractivity contribution in [3.63, 3.8) is 0 Å². The second-order valence-electron chi connectivity index (χ2n) is 5.85. The molecule has 0 spiro atoms. The van der Waals surface area contributed by atoms with E-state index in [0.717, 1.165) is 16.8 Å². The van der Waals surface area contributed by atoms with Gasteiger partial charge in [0.2, 0.25) is 0 Å². The van der Waals surface area contributed by atoms with Crippen LogP contribution in [0.4, 0.5) is 5.82 Å². The van der Waals surface area contributed by atoms with Gasteiger partial charge in [0.1, 0.15) is 11.3 Å². The molecule has 1 N–H and O–H groups in total. The van der Waals surface area contributed by atoms with Crippen LogP contribution >= 0.6 is 0 Å². The van der Waals surface area contributed by atoms with Gasteiger partial charge in [-0.3, -0.25) is 0 Å². The van der Waals surface area contributed by atoms with Crippen LogP contribution in [-0.4, -0.2) is 47.4 Å². The third-order valence-corrected chi connectivity index (χ3v) is 3.35. The Balaban J connectivity index is 2.02. The summed E-state index contributed by atoms with van der Waals surface area (Å²) in [6.45, 7) is 5.53. The van der Waals surface area contributed by atoms with E-state index in [1.54, 1.807) is 4.68 Å². The molecule has 0 unspecified atom stereocenters. The van der Waals surface area contributed by atoms with Crippen molar-refractivity contribution in [3.05, 3.63) is 6.07 Å². The molecule has 1 fully saturated rings. The maximum absolute atomic E-state index is 5.84. The van der Waals surface area contributed by atoms with Crippen molar-refractivity contribution in [2.45, 2.75) is 13.8 Å². The molecule has 2 aromatic rings. The summed E-state index contributed by atoms with van der Waals surface area (Å²) in [6, 6.07) is 1.90. The summed E-state index contributed by atoms with van der Waals surface area (Å²) >= 11 is 0. The van der Waals surface area contributed by atoms with Gasteiger partial charge in [-0.2, -0.15) is 0 Å². The Morgan fingerprint density at radius 2 is 2.05 bits per heavy atom. The van der Waals surface area contributed by atoms with Gasteiger partial charge in [-0.05, 0) is 6.07 Å². The molecule has 8 heteroatoms. The second kappa shape index (κ2) is 4.71. The topological polar surface area (TPSA) is 74.1 Å². The van der Waals surface area contributed by atoms with Crippen LogP contribution in [0.3, 0.4) is 0 Å². The zero-order valence-corrected chi connectivity index (χ0v) is 12.2. The van der Waals surface area contributed by atoms with Crippen LogP contribution < -0.4 is 10.8 Å². The highest BCUT2D eigenvalue weighted by Gasteiger charge is 2.35. The Morgan fingerprint density at radius 3 is 2.70 bits per heavy atom. The summed E-state index contributed by atoms with van der Waals surface area (Å²) in [5, 5.41) is 11.2. The quantitative estimate of drug-likeness (QED) is 0.788. The van der Waals surface area contributed by atoms with Gasteiger partial charge in [-0.25, -0.2) is 9.67 Å². The third kappa shape index (κ3) is 2.25. The van der Waals surface area contributed by atoms with Crippen LogP contribution in [0.2, 0.25) is 0 Å². The first kappa shape index (κ1) is 13.3. The SMILES string of the molecule is CNc1cc(B2OCC(C)(C)CO2)c2nnn(C)c2n1. The molecule has 0 bridgehead atoms. The minimum Gasteiger partial charge on any atom is -0.407 e. The number of pyridine rings is 1. The van der Waals surface area contributed by atoms with Crippen LogP contribution in [0, 0.1) is 5.41 Å². The van der Waals surface area contributed by atoms with E-state index in [4.69, 9.17) is 9.31 Å². The summed E-state index contributed by atoms with van der Waals surface area (Å²) in [4.78, 5) is 4.45. The van der Waals surface area contributed by atoms with Gasteiger partial charge in [0, 0.05) is 38.2 Å². The number of nitrogens with one attached hydrogen (secondary N) is 1. The number of aromatic nitrogens is 4. The molecule has 0 atom stereocenters. The molecular formula is C12H18BN5O2. The molecule has 1 aliphatic heterocycles. The number of anilines is 1. The van der Waals surface area contributed by atoms with Crippen LogP contribution in [0.25, 0.3) is 11.2 Å². The van der Waals surface area contributed by atoms with Gasteiger partial charge in [-0.1, -0.05) is 19.1 Å². The normalized spacial score (nSPS) is 18.5. The lowest BCUT2D eigenvalue weighted by Gasteiger charge is -2.33. The summed E-state index contributed by atoms with van der Waals surface area (Å²) in [5.74, 6) is 0.745. The van der Waals surface area contributed by atoms with Crippen molar-refractivity contribution in [2.24, 2.45) is 12.5 Å². The van der Waals surface area contributed by atoms with E-state index in [1.807, 2.05) is 20.2 Å². The highest BCUT2D eigenvalue weighted by molar-refractivity contribution is 6.64. The van der Waals surface area contributed by atoms with Crippen molar-refractivity contribution >= 4 is 29.6 Å². The van der Waals surface area contributed by atoms with Crippen LogP contribution in [0.1, 0.15) is 13.8 Å². The Morgan fingerprint density at radius 1 is 1.35 bits per heavy atom. The molecule has 0 aromatic carbocycles. The predicted octanol–water partition coefficient (Wildman–Crippen LogP) is 0.173. The molecule has 106 valence electrons. The van der Waals surface area contributed by atoms with Gasteiger partial charge >= 0.3 is 7.12 Å². The zero-order valence-electron chi connectivity index (χ0n) is 12.2. The monoisotopic (exact) mass is 275 g/mol. The number of nitrogens with zero attached hydrogens (tertiary/aromatic N) is 4. The molecule has 0 radical (unpaired) electrons. The van der Waals surface area contributed by atoms with E-state index in [1.165, 1.54) is 0 Å². The molecule has 3 heterocycles. The molecule has 1 aliphatic rings. The first-order valence-corrected chi connectivity index (χ1v) is 6.61. The maximum Gasteiger partial charge on any atom is 0.496 e. The molecule has 0 amide bonds. The lowest BCUT2D eigenvalue weighted by Crippen LogP contribution is -2.47. The smallest absolute Gasteiger partial charge is 0.407 e. The average Bonchev–Trinajstić information content (AvgIpc) is 2.80. The van der Waals surface area contributed by atoms with Crippen molar-refractivity contribution in [3.8, 4) is 0 Å². The molecule has 0 aliphatic carbocycles. The Bertz CT molecular complexity index is 632. The van der Waals surface area contributed by atoms with E-state index < -0.39 is 7.12 Å². The average molecular weight is 275 g/mol. The highest BCUT2D eigenvalue weighted by atomic mass is 16.6. The minimum atomic E-state index is -0.419. The first-order valence-electron chi connectivity index (χ1n) is 6.61. The van der Waals surface area contributed by atoms with Gasteiger partial charge in [0.05, 0.1) is 0 Å². The van der Waals surface area contributed by atoms with Crippen molar-refractivity contribution in [1.82, 2.24) is 20.0 Å². The fourth-order valence-corrected chi connectivity index (χ4v) is 2.21. The molecule has 7 nitrogen and oxygen atoms in total. The summed E-state index contributed by atoms with van der Waals surface area (Å²) in [6.07, 6.45) is 0.